The molecule has 2 aliphatic heterocycles. The molecule has 0 N–H and O–H groups in total. The summed E-state index contributed by atoms with van der Waals surface area (Å²) < 4.78 is 0. The number of ketones is 3. The molecule has 282 valence electrons. The fourth-order valence-electron chi connectivity index (χ4n) is 4.83. The van der Waals surface area contributed by atoms with Crippen LogP contribution >= 0.6 is 0 Å². The summed E-state index contributed by atoms with van der Waals surface area (Å²) in [6.07, 6.45) is 7.37. The quantitative estimate of drug-likeness (QED) is 0.235. The van der Waals surface area contributed by atoms with Crippen LogP contribution in [0.5, 0.6) is 0 Å². The molecule has 6 rings (SSSR count). The van der Waals surface area contributed by atoms with Crippen molar-refractivity contribution in [2.75, 3.05) is 22.9 Å². The van der Waals surface area contributed by atoms with Crippen molar-refractivity contribution in [1.29, 1.82) is 0 Å². The van der Waals surface area contributed by atoms with Crippen LogP contribution in [0.1, 0.15) is 51.2 Å². The fourth-order valence-corrected chi connectivity index (χ4v) is 4.83. The van der Waals surface area contributed by atoms with Crippen molar-refractivity contribution < 1.29 is 64.2 Å². The van der Waals surface area contributed by atoms with Crippen molar-refractivity contribution in [3.8, 4) is 0 Å². The number of hydrogen-bond donors (Lipinski definition) is 0. The van der Waals surface area contributed by atoms with Gasteiger partial charge in [0.1, 0.15) is 17.3 Å². The topological polar surface area (TPSA) is 178 Å². The van der Waals surface area contributed by atoms with E-state index in [4.69, 9.17) is 0 Å². The maximum absolute atomic E-state index is 9.83. The van der Waals surface area contributed by atoms with Crippen molar-refractivity contribution in [2.24, 2.45) is 0 Å². The molecule has 0 saturated carbocycles. The minimum Gasteiger partial charge on any atom is -0.550 e. The van der Waals surface area contributed by atoms with Crippen molar-refractivity contribution in [2.45, 2.75) is 40.0 Å². The van der Waals surface area contributed by atoms with Gasteiger partial charge in [0.2, 0.25) is 0 Å². The van der Waals surface area contributed by atoms with Crippen LogP contribution in [0, 0.1) is 0 Å². The maximum Gasteiger partial charge on any atom is 3.00 e. The van der Waals surface area contributed by atoms with Crippen molar-refractivity contribution >= 4 is 70.2 Å². The Hall–Kier alpha value is -5.97. The van der Waals surface area contributed by atoms with Gasteiger partial charge in [-0.15, -0.1) is 0 Å². The maximum atomic E-state index is 9.83. The zero-order valence-corrected chi connectivity index (χ0v) is 32.5. The van der Waals surface area contributed by atoms with Crippen molar-refractivity contribution in [3.63, 3.8) is 0 Å². The first kappa shape index (κ1) is 46.1. The Balaban J connectivity index is 0.000000359. The second-order valence-corrected chi connectivity index (χ2v) is 11.6. The number of rotatable bonds is 8. The summed E-state index contributed by atoms with van der Waals surface area (Å²) in [6.45, 7) is 5.50. The standard InChI is InChI=1S/2C15H13N.3C4H6O3.Ir/c2*1-2-9-14(10-3-1)16-12-6-8-13-7-4-5-11-15(13)16;3*1-3(5)2-4(6)7;/h2*1-11H,12H2;3*2H2,1H3,(H,6,7);/q;;;;;+3/p-3. The molecule has 0 aromatic heterocycles. The fraction of sp³-hybridized carbons (Fsp3) is 0.190. The van der Waals surface area contributed by atoms with Gasteiger partial charge in [-0.3, -0.25) is 14.4 Å². The molecule has 0 unspecified atom stereocenters. The minimum absolute atomic E-state index is 0. The second kappa shape index (κ2) is 25.1. The predicted molar refractivity (Wildman–Crippen MR) is 199 cm³/mol. The molecule has 0 saturated heterocycles. The Bertz CT molecular complexity index is 1700. The van der Waals surface area contributed by atoms with E-state index in [0.717, 1.165) is 13.1 Å². The predicted octanol–water partition coefficient (Wildman–Crippen LogP) is 3.85. The van der Waals surface area contributed by atoms with E-state index in [1.165, 1.54) is 54.6 Å². The molecule has 12 heteroatoms. The Morgan fingerprint density at radius 3 is 1.00 bits per heavy atom. The van der Waals surface area contributed by atoms with Crippen molar-refractivity contribution in [1.82, 2.24) is 0 Å². The molecular formula is C42H41IrN2O9. The zero-order valence-electron chi connectivity index (χ0n) is 30.1. The first-order chi connectivity index (χ1) is 25.3. The zero-order chi connectivity index (χ0) is 39.2. The van der Waals surface area contributed by atoms with Gasteiger partial charge in [0.25, 0.3) is 0 Å². The summed E-state index contributed by atoms with van der Waals surface area (Å²) in [5, 5.41) is 28.4. The first-order valence-electron chi connectivity index (χ1n) is 16.5. The van der Waals surface area contributed by atoms with Crippen LogP contribution in [-0.4, -0.2) is 48.3 Å². The van der Waals surface area contributed by atoms with Gasteiger partial charge < -0.3 is 39.5 Å². The number of para-hydroxylation sites is 4. The molecule has 0 aliphatic carbocycles. The van der Waals surface area contributed by atoms with E-state index < -0.39 is 37.2 Å². The summed E-state index contributed by atoms with van der Waals surface area (Å²) in [7, 11) is 0. The summed E-state index contributed by atoms with van der Waals surface area (Å²) in [4.78, 5) is 62.6. The molecule has 4 aromatic carbocycles. The number of fused-ring (bicyclic) bond motifs is 2. The molecule has 0 fully saturated rings. The Morgan fingerprint density at radius 2 is 0.741 bits per heavy atom. The molecule has 0 atom stereocenters. The van der Waals surface area contributed by atoms with E-state index in [2.05, 4.69) is 143 Å². The van der Waals surface area contributed by atoms with Gasteiger partial charge in [-0.2, -0.15) is 0 Å². The third kappa shape index (κ3) is 18.0. The molecular weight excluding hydrogens is 869 g/mol. The van der Waals surface area contributed by atoms with Gasteiger partial charge in [-0.25, -0.2) is 0 Å². The number of carboxylic acids is 3. The smallest absolute Gasteiger partial charge is 0.550 e. The molecule has 0 radical (unpaired) electrons. The summed E-state index contributed by atoms with van der Waals surface area (Å²) >= 11 is 0. The van der Waals surface area contributed by atoms with E-state index in [-0.39, 0.29) is 37.5 Å². The number of aliphatic carboxylic acids is 3. The first-order valence-corrected chi connectivity index (χ1v) is 16.5. The van der Waals surface area contributed by atoms with Crippen molar-refractivity contribution in [3.05, 3.63) is 132 Å². The minimum atomic E-state index is -1.31. The summed E-state index contributed by atoms with van der Waals surface area (Å²) in [6, 6.07) is 38.0. The Kier molecular flexibility index (Phi) is 21.4. The van der Waals surface area contributed by atoms with Gasteiger partial charge in [0, 0.05) is 73.0 Å². The number of anilines is 4. The third-order valence-corrected chi connectivity index (χ3v) is 6.94. The van der Waals surface area contributed by atoms with E-state index in [9.17, 15) is 44.1 Å². The third-order valence-electron chi connectivity index (χ3n) is 6.94. The molecule has 2 heterocycles. The average molecular weight is 910 g/mol. The number of Topliss-reactive ketones (excluding diaryl/α,β-unsaturated/α-hetero) is 3. The molecule has 0 amide bonds. The average Bonchev–Trinajstić information content (AvgIpc) is 3.11. The number of benzene rings is 4. The van der Waals surface area contributed by atoms with Crippen LogP contribution in [-0.2, 0) is 48.9 Å². The van der Waals surface area contributed by atoms with Gasteiger partial charge in [0.05, 0.1) is 0 Å². The van der Waals surface area contributed by atoms with Gasteiger partial charge in [-0.1, -0.05) is 97.1 Å². The Labute approximate surface area is 328 Å². The number of carbonyl (C=O) groups excluding carboxylic acids is 6. The van der Waals surface area contributed by atoms with Gasteiger partial charge >= 0.3 is 20.1 Å². The second-order valence-electron chi connectivity index (χ2n) is 11.6. The van der Waals surface area contributed by atoms with E-state index >= 15 is 0 Å². The molecule has 54 heavy (non-hydrogen) atoms. The number of carbonyl (C=O) groups is 6. The molecule has 0 bridgehead atoms. The van der Waals surface area contributed by atoms with Crippen LogP contribution < -0.4 is 25.1 Å². The van der Waals surface area contributed by atoms with Crippen LogP contribution in [0.4, 0.5) is 22.7 Å². The number of hydrogen-bond acceptors (Lipinski definition) is 11. The number of carboxylic acid groups (broad SMARTS) is 3. The SMILES string of the molecule is C1=Cc2ccccc2N(c2ccccc2)C1.C1=Cc2ccccc2N(c2ccccc2)C1.CC(=O)CC(=O)[O-].CC(=O)CC(=O)[O-].CC(=O)CC(=O)[O-].[Ir+3]. The van der Waals surface area contributed by atoms with Gasteiger partial charge in [0.15, 0.2) is 0 Å². The van der Waals surface area contributed by atoms with Crippen LogP contribution in [0.15, 0.2) is 121 Å². The normalized spacial score (nSPS) is 11.2. The summed E-state index contributed by atoms with van der Waals surface area (Å²) in [5.74, 6) is -5.06. The monoisotopic (exact) mass is 910 g/mol. The number of nitrogens with zero attached hydrogens (tertiary/aromatic N) is 2. The van der Waals surface area contributed by atoms with Crippen LogP contribution in [0.25, 0.3) is 12.2 Å². The molecule has 0 spiro atoms. The largest absolute Gasteiger partial charge is 3.00 e. The van der Waals surface area contributed by atoms with Crippen LogP contribution in [0.2, 0.25) is 0 Å². The van der Waals surface area contributed by atoms with Gasteiger partial charge in [-0.05, 0) is 68.3 Å². The van der Waals surface area contributed by atoms with E-state index in [1.54, 1.807) is 0 Å². The summed E-state index contributed by atoms with van der Waals surface area (Å²) in [5.41, 5.74) is 7.65. The molecule has 2 aliphatic rings. The van der Waals surface area contributed by atoms with Crippen LogP contribution in [0.3, 0.4) is 0 Å². The van der Waals surface area contributed by atoms with E-state index in [1.807, 2.05) is 0 Å². The molecule has 11 nitrogen and oxygen atoms in total. The molecule has 4 aromatic rings. The van der Waals surface area contributed by atoms with E-state index in [0.29, 0.717) is 0 Å². The Morgan fingerprint density at radius 1 is 0.463 bits per heavy atom.